The van der Waals surface area contributed by atoms with Crippen molar-refractivity contribution in [3.63, 3.8) is 0 Å². The fourth-order valence-corrected chi connectivity index (χ4v) is 6.81. The maximum atomic E-state index is 11.9. The van der Waals surface area contributed by atoms with Crippen LogP contribution in [0, 0.1) is 0 Å². The van der Waals surface area contributed by atoms with Crippen LogP contribution in [0.4, 0.5) is 0 Å². The average molecular weight is 816 g/mol. The SMILES string of the molecule is CCCCCCCOc1ccc(Cc2nc3ccc(C=O)cc3[nH]2)cc1.CCCCCCCOc1ccc(Cc2nc3ccc(CNCC(=O)OC(C)(C)C)cc3[nH]2)cc1. The first-order valence-electron chi connectivity index (χ1n) is 21.9. The number of hydrogen-bond acceptors (Lipinski definition) is 8. The predicted octanol–water partition coefficient (Wildman–Crippen LogP) is 11.2. The molecule has 10 heteroatoms. The van der Waals surface area contributed by atoms with Crippen LogP contribution in [0.25, 0.3) is 22.1 Å². The summed E-state index contributed by atoms with van der Waals surface area (Å²) >= 11 is 0. The van der Waals surface area contributed by atoms with E-state index in [2.05, 4.69) is 64.4 Å². The van der Waals surface area contributed by atoms with E-state index in [1.54, 1.807) is 6.07 Å². The van der Waals surface area contributed by atoms with Crippen LogP contribution in [0.3, 0.4) is 0 Å². The van der Waals surface area contributed by atoms with E-state index in [1.165, 1.54) is 62.5 Å². The number of nitrogens with zero attached hydrogens (tertiary/aromatic N) is 2. The van der Waals surface area contributed by atoms with Gasteiger partial charge in [-0.3, -0.25) is 9.59 Å². The zero-order valence-electron chi connectivity index (χ0n) is 36.4. The first kappa shape index (κ1) is 45.6. The summed E-state index contributed by atoms with van der Waals surface area (Å²) in [6.07, 6.45) is 14.8. The lowest BCUT2D eigenvalue weighted by atomic mass is 10.1. The minimum Gasteiger partial charge on any atom is -0.494 e. The van der Waals surface area contributed by atoms with Gasteiger partial charge in [0.15, 0.2) is 0 Å². The first-order valence-corrected chi connectivity index (χ1v) is 21.9. The second-order valence-corrected chi connectivity index (χ2v) is 16.5. The summed E-state index contributed by atoms with van der Waals surface area (Å²) in [5.74, 6) is 3.42. The molecule has 0 saturated heterocycles. The van der Waals surface area contributed by atoms with Gasteiger partial charge in [0.05, 0.1) is 41.8 Å². The molecule has 10 nitrogen and oxygen atoms in total. The van der Waals surface area contributed by atoms with Crippen LogP contribution in [-0.4, -0.2) is 57.6 Å². The van der Waals surface area contributed by atoms with Gasteiger partial charge in [0.25, 0.3) is 0 Å². The van der Waals surface area contributed by atoms with Gasteiger partial charge in [-0.15, -0.1) is 0 Å². The molecule has 3 N–H and O–H groups in total. The summed E-state index contributed by atoms with van der Waals surface area (Å²) in [5.41, 5.74) is 7.35. The van der Waals surface area contributed by atoms with Gasteiger partial charge in [-0.05, 0) is 105 Å². The van der Waals surface area contributed by atoms with Crippen LogP contribution < -0.4 is 14.8 Å². The van der Waals surface area contributed by atoms with E-state index in [0.29, 0.717) is 12.1 Å². The van der Waals surface area contributed by atoms with Crippen molar-refractivity contribution in [1.82, 2.24) is 25.3 Å². The van der Waals surface area contributed by atoms with Gasteiger partial charge in [0.1, 0.15) is 35.0 Å². The number of aldehydes is 1. The van der Waals surface area contributed by atoms with Crippen LogP contribution in [0.2, 0.25) is 0 Å². The molecule has 0 aliphatic heterocycles. The summed E-state index contributed by atoms with van der Waals surface area (Å²) in [4.78, 5) is 38.8. The van der Waals surface area contributed by atoms with Gasteiger partial charge in [-0.2, -0.15) is 0 Å². The lowest BCUT2D eigenvalue weighted by molar-refractivity contribution is -0.153. The summed E-state index contributed by atoms with van der Waals surface area (Å²) in [6, 6.07) is 28.1. The van der Waals surface area contributed by atoms with Crippen molar-refractivity contribution in [3.05, 3.63) is 119 Å². The van der Waals surface area contributed by atoms with E-state index in [9.17, 15) is 9.59 Å². The molecule has 2 heterocycles. The quantitative estimate of drug-likeness (QED) is 0.0331. The molecular weight excluding hydrogens is 751 g/mol. The molecular formula is C50H65N5O5. The molecule has 60 heavy (non-hydrogen) atoms. The van der Waals surface area contributed by atoms with Crippen LogP contribution >= 0.6 is 0 Å². The van der Waals surface area contributed by atoms with Crippen molar-refractivity contribution in [3.8, 4) is 11.5 Å². The average Bonchev–Trinajstić information content (AvgIpc) is 3.83. The van der Waals surface area contributed by atoms with Gasteiger partial charge in [-0.25, -0.2) is 9.97 Å². The van der Waals surface area contributed by atoms with E-state index in [-0.39, 0.29) is 12.5 Å². The van der Waals surface area contributed by atoms with Gasteiger partial charge in [-0.1, -0.05) is 95.5 Å². The van der Waals surface area contributed by atoms with Crippen LogP contribution in [0.15, 0.2) is 84.9 Å². The highest BCUT2D eigenvalue weighted by molar-refractivity contribution is 5.84. The molecule has 0 aliphatic rings. The molecule has 0 aliphatic carbocycles. The number of nitrogens with one attached hydrogen (secondary N) is 3. The van der Waals surface area contributed by atoms with E-state index >= 15 is 0 Å². The fraction of sp³-hybridized carbons (Fsp3) is 0.440. The van der Waals surface area contributed by atoms with Crippen molar-refractivity contribution in [2.75, 3.05) is 19.8 Å². The van der Waals surface area contributed by atoms with Crippen molar-refractivity contribution < 1.29 is 23.8 Å². The molecule has 0 radical (unpaired) electrons. The number of rotatable bonds is 23. The molecule has 0 fully saturated rings. The number of fused-ring (bicyclic) bond motifs is 2. The molecule has 0 bridgehead atoms. The van der Waals surface area contributed by atoms with Gasteiger partial charge >= 0.3 is 5.97 Å². The molecule has 2 aromatic heterocycles. The lowest BCUT2D eigenvalue weighted by Gasteiger charge is -2.19. The molecule has 6 rings (SSSR count). The van der Waals surface area contributed by atoms with E-state index in [1.807, 2.05) is 69.3 Å². The Bertz CT molecular complexity index is 2180. The zero-order valence-corrected chi connectivity index (χ0v) is 36.4. The molecule has 4 aromatic carbocycles. The third-order valence-electron chi connectivity index (χ3n) is 9.93. The van der Waals surface area contributed by atoms with Gasteiger partial charge < -0.3 is 29.5 Å². The minimum absolute atomic E-state index is 0.183. The summed E-state index contributed by atoms with van der Waals surface area (Å²) < 4.78 is 17.0. The van der Waals surface area contributed by atoms with Crippen molar-refractivity contribution in [1.29, 1.82) is 0 Å². The Morgan fingerprint density at radius 2 is 1.12 bits per heavy atom. The Kier molecular flexibility index (Phi) is 18.2. The van der Waals surface area contributed by atoms with Crippen molar-refractivity contribution in [2.45, 2.75) is 124 Å². The Morgan fingerprint density at radius 3 is 1.62 bits per heavy atom. The minimum atomic E-state index is -0.467. The standard InChI is InChI=1S/C28H39N3O3.C22H26N2O2/c1-5-6-7-8-9-16-33-23-13-10-21(11-14-23)18-26-30-24-15-12-22(17-25(24)31-26)19-29-20-27(32)34-28(2,3)4;1-2-3-4-5-6-13-26-19-10-7-17(8-11-19)15-22-23-20-12-9-18(16-25)14-21(20)24-22/h10-15,17,29H,5-9,16,18-20H2,1-4H3,(H,30,31);7-12,14,16H,2-6,13,15H2,1H3,(H,23,24). The normalized spacial score (nSPS) is 11.3. The molecule has 0 spiro atoms. The fourth-order valence-electron chi connectivity index (χ4n) is 6.81. The highest BCUT2D eigenvalue weighted by Crippen LogP contribution is 2.20. The smallest absolute Gasteiger partial charge is 0.320 e. The monoisotopic (exact) mass is 815 g/mol. The Morgan fingerprint density at radius 1 is 0.633 bits per heavy atom. The van der Waals surface area contributed by atoms with E-state index < -0.39 is 5.60 Å². The van der Waals surface area contributed by atoms with Crippen LogP contribution in [0.1, 0.15) is 138 Å². The molecule has 320 valence electrons. The zero-order chi connectivity index (χ0) is 42.6. The Balaban J connectivity index is 0.000000236. The van der Waals surface area contributed by atoms with Crippen LogP contribution in [0.5, 0.6) is 11.5 Å². The highest BCUT2D eigenvalue weighted by atomic mass is 16.6. The molecule has 6 aromatic rings. The summed E-state index contributed by atoms with van der Waals surface area (Å²) in [7, 11) is 0. The Labute approximate surface area is 356 Å². The number of hydrogen-bond donors (Lipinski definition) is 3. The van der Waals surface area contributed by atoms with Crippen LogP contribution in [-0.2, 0) is 28.9 Å². The first-order chi connectivity index (χ1) is 29.1. The number of ether oxygens (including phenoxy) is 3. The highest BCUT2D eigenvalue weighted by Gasteiger charge is 2.16. The van der Waals surface area contributed by atoms with Gasteiger partial charge in [0, 0.05) is 24.9 Å². The lowest BCUT2D eigenvalue weighted by Crippen LogP contribution is -2.31. The number of H-pyrrole nitrogens is 2. The number of carbonyl (C=O) groups excluding carboxylic acids is 2. The number of unbranched alkanes of at least 4 members (excludes halogenated alkanes) is 8. The van der Waals surface area contributed by atoms with Gasteiger partial charge in [0.2, 0.25) is 0 Å². The van der Waals surface area contributed by atoms with E-state index in [0.717, 1.165) is 96.0 Å². The maximum absolute atomic E-state index is 11.9. The van der Waals surface area contributed by atoms with E-state index in [4.69, 9.17) is 19.2 Å². The van der Waals surface area contributed by atoms with Crippen molar-refractivity contribution in [2.24, 2.45) is 0 Å². The molecule has 0 amide bonds. The maximum Gasteiger partial charge on any atom is 0.320 e. The second kappa shape index (κ2) is 23.9. The number of benzene rings is 4. The number of esters is 1. The molecule has 0 unspecified atom stereocenters. The summed E-state index contributed by atoms with van der Waals surface area (Å²) in [6.45, 7) is 12.4. The third-order valence-corrected chi connectivity index (χ3v) is 9.93. The van der Waals surface area contributed by atoms with Crippen molar-refractivity contribution >= 4 is 34.3 Å². The molecule has 0 atom stereocenters. The number of imidazole rings is 2. The topological polar surface area (TPSA) is 131 Å². The summed E-state index contributed by atoms with van der Waals surface area (Å²) in [5, 5.41) is 3.15. The largest absolute Gasteiger partial charge is 0.494 e. The molecule has 0 saturated carbocycles. The number of aromatic nitrogens is 4. The second-order valence-electron chi connectivity index (χ2n) is 16.5. The Hall–Kier alpha value is -5.48. The predicted molar refractivity (Wildman–Crippen MR) is 242 cm³/mol. The third kappa shape index (κ3) is 15.9. The number of aromatic amines is 2. The number of carbonyl (C=O) groups is 2.